The second-order valence-corrected chi connectivity index (χ2v) is 16.9. The van der Waals surface area contributed by atoms with Gasteiger partial charge in [-0.15, -0.1) is 0 Å². The van der Waals surface area contributed by atoms with E-state index in [9.17, 15) is 0 Å². The highest BCUT2D eigenvalue weighted by Crippen LogP contribution is 2.50. The topological polar surface area (TPSA) is 8.17 Å². The molecular weight excluding hydrogens is 737 g/mol. The molecule has 0 unspecified atom stereocenters. The third-order valence-electron chi connectivity index (χ3n) is 13.2. The molecular formula is C59H42N2. The maximum Gasteiger partial charge on any atom is 0.0541 e. The van der Waals surface area contributed by atoms with Crippen molar-refractivity contribution in [3.05, 3.63) is 230 Å². The van der Waals surface area contributed by atoms with Gasteiger partial charge in [-0.3, -0.25) is 0 Å². The molecule has 2 heteroatoms. The fourth-order valence-corrected chi connectivity index (χ4v) is 10.2. The van der Waals surface area contributed by atoms with Gasteiger partial charge in [0.2, 0.25) is 0 Å². The van der Waals surface area contributed by atoms with Gasteiger partial charge >= 0.3 is 0 Å². The zero-order valence-corrected chi connectivity index (χ0v) is 34.2. The Morgan fingerprint density at radius 1 is 0.344 bits per heavy atom. The summed E-state index contributed by atoms with van der Waals surface area (Å²) in [5, 5.41) is 7.56. The quantitative estimate of drug-likeness (QED) is 0.153. The molecule has 0 fully saturated rings. The predicted molar refractivity (Wildman–Crippen MR) is 259 cm³/mol. The Balaban J connectivity index is 1.01. The molecule has 0 aliphatic heterocycles. The Morgan fingerprint density at radius 2 is 0.951 bits per heavy atom. The summed E-state index contributed by atoms with van der Waals surface area (Å²) in [6.45, 7) is 4.68. The summed E-state index contributed by atoms with van der Waals surface area (Å²) in [4.78, 5) is 2.41. The Morgan fingerprint density at radius 3 is 1.75 bits per heavy atom. The maximum absolute atomic E-state index is 2.41. The van der Waals surface area contributed by atoms with Crippen molar-refractivity contribution >= 4 is 60.4 Å². The normalized spacial score (nSPS) is 12.9. The van der Waals surface area contributed by atoms with Crippen LogP contribution in [0.3, 0.4) is 0 Å². The van der Waals surface area contributed by atoms with Crippen LogP contribution >= 0.6 is 0 Å². The Bertz CT molecular complexity index is 3460. The first-order valence-electron chi connectivity index (χ1n) is 21.3. The summed E-state index contributed by atoms with van der Waals surface area (Å²) in [5.41, 5.74) is 17.1. The van der Waals surface area contributed by atoms with Crippen molar-refractivity contribution in [1.29, 1.82) is 0 Å². The lowest BCUT2D eigenvalue weighted by molar-refractivity contribution is 0.660. The van der Waals surface area contributed by atoms with Gasteiger partial charge in [-0.2, -0.15) is 0 Å². The summed E-state index contributed by atoms with van der Waals surface area (Å²) in [6.07, 6.45) is 0. The molecule has 0 amide bonds. The summed E-state index contributed by atoms with van der Waals surface area (Å²) in [7, 11) is 0. The van der Waals surface area contributed by atoms with E-state index in [0.29, 0.717) is 0 Å². The van der Waals surface area contributed by atoms with E-state index < -0.39 is 0 Å². The van der Waals surface area contributed by atoms with Crippen LogP contribution in [-0.2, 0) is 5.41 Å². The molecule has 0 N–H and O–H groups in total. The number of benzene rings is 10. The molecule has 11 aromatic rings. The Kier molecular flexibility index (Phi) is 7.92. The van der Waals surface area contributed by atoms with Crippen LogP contribution in [0.1, 0.15) is 25.0 Å². The van der Waals surface area contributed by atoms with Crippen molar-refractivity contribution in [2.24, 2.45) is 0 Å². The number of anilines is 3. The first kappa shape index (κ1) is 35.3. The highest BCUT2D eigenvalue weighted by atomic mass is 15.1. The van der Waals surface area contributed by atoms with Crippen molar-refractivity contribution in [2.75, 3.05) is 4.90 Å². The van der Waals surface area contributed by atoms with Crippen LogP contribution in [0.5, 0.6) is 0 Å². The molecule has 0 saturated carbocycles. The van der Waals surface area contributed by atoms with Crippen LogP contribution in [0, 0.1) is 0 Å². The third kappa shape index (κ3) is 5.56. The lowest BCUT2D eigenvalue weighted by Crippen LogP contribution is -2.14. The Hall–Kier alpha value is -7.68. The molecule has 2 nitrogen and oxygen atoms in total. The van der Waals surface area contributed by atoms with Crippen LogP contribution in [-0.4, -0.2) is 4.57 Å². The van der Waals surface area contributed by atoms with E-state index in [1.54, 1.807) is 0 Å². The number of aromatic nitrogens is 1. The van der Waals surface area contributed by atoms with E-state index in [1.807, 2.05) is 0 Å². The summed E-state index contributed by atoms with van der Waals surface area (Å²) < 4.78 is 2.40. The van der Waals surface area contributed by atoms with Gasteiger partial charge in [0.15, 0.2) is 0 Å². The first-order valence-corrected chi connectivity index (χ1v) is 21.3. The van der Waals surface area contributed by atoms with Crippen molar-refractivity contribution < 1.29 is 0 Å². The predicted octanol–water partition coefficient (Wildman–Crippen LogP) is 16.2. The molecule has 0 bridgehead atoms. The van der Waals surface area contributed by atoms with Crippen molar-refractivity contribution in [2.45, 2.75) is 19.3 Å². The van der Waals surface area contributed by atoms with Gasteiger partial charge in [0.1, 0.15) is 0 Å². The number of hydrogen-bond acceptors (Lipinski definition) is 1. The smallest absolute Gasteiger partial charge is 0.0541 e. The molecule has 0 radical (unpaired) electrons. The van der Waals surface area contributed by atoms with Crippen LogP contribution in [0.2, 0.25) is 0 Å². The molecule has 1 heterocycles. The highest BCUT2D eigenvalue weighted by Gasteiger charge is 2.35. The van der Waals surface area contributed by atoms with E-state index in [-0.39, 0.29) is 5.41 Å². The van der Waals surface area contributed by atoms with Crippen LogP contribution in [0.15, 0.2) is 218 Å². The summed E-state index contributed by atoms with van der Waals surface area (Å²) in [5.74, 6) is 0. The zero-order valence-electron chi connectivity index (χ0n) is 34.2. The largest absolute Gasteiger partial charge is 0.310 e. The standard InChI is InChI=1S/C59H42N2/c1-59(2)55-25-8-5-20-51(55)54-37-41(31-35-56(54)59)39-28-32-43(33-29-39)60(45-17-12-18-46(38-45)61-57-26-9-6-21-52(57)53-22-7-10-27-58(53)61)44-16-11-15-42(36-44)48-23-13-24-49-47-19-4-3-14-40(47)30-34-50(48)49/h3-38H,1-2H3. The number of nitrogens with zero attached hydrogens (tertiary/aromatic N) is 2. The fourth-order valence-electron chi connectivity index (χ4n) is 10.2. The second kappa shape index (κ2) is 13.7. The zero-order chi connectivity index (χ0) is 40.7. The molecule has 288 valence electrons. The number of fused-ring (bicyclic) bond motifs is 9. The van der Waals surface area contributed by atoms with E-state index >= 15 is 0 Å². The molecule has 1 aliphatic carbocycles. The monoisotopic (exact) mass is 778 g/mol. The summed E-state index contributed by atoms with van der Waals surface area (Å²) >= 11 is 0. The van der Waals surface area contributed by atoms with Gasteiger partial charge in [-0.25, -0.2) is 0 Å². The van der Waals surface area contributed by atoms with E-state index in [2.05, 4.69) is 242 Å². The minimum atomic E-state index is -0.0169. The molecule has 0 spiro atoms. The average Bonchev–Trinajstić information content (AvgIpc) is 3.77. The Labute approximate surface area is 356 Å². The number of rotatable bonds is 6. The van der Waals surface area contributed by atoms with Crippen LogP contribution < -0.4 is 4.90 Å². The van der Waals surface area contributed by atoms with Gasteiger partial charge in [0, 0.05) is 38.9 Å². The highest BCUT2D eigenvalue weighted by molar-refractivity contribution is 6.12. The molecule has 61 heavy (non-hydrogen) atoms. The fraction of sp³-hybridized carbons (Fsp3) is 0.0508. The second-order valence-electron chi connectivity index (χ2n) is 16.9. The van der Waals surface area contributed by atoms with E-state index in [0.717, 1.165) is 22.7 Å². The summed E-state index contributed by atoms with van der Waals surface area (Å²) in [6, 6.07) is 80.5. The molecule has 0 atom stereocenters. The van der Waals surface area contributed by atoms with Crippen LogP contribution in [0.25, 0.3) is 82.4 Å². The van der Waals surface area contributed by atoms with Gasteiger partial charge in [-0.1, -0.05) is 172 Å². The maximum atomic E-state index is 2.41. The molecule has 0 saturated heterocycles. The minimum absolute atomic E-state index is 0.0169. The lowest BCUT2D eigenvalue weighted by Gasteiger charge is -2.27. The minimum Gasteiger partial charge on any atom is -0.310 e. The molecule has 10 aromatic carbocycles. The molecule has 12 rings (SSSR count). The molecule has 1 aliphatic rings. The van der Waals surface area contributed by atoms with E-state index in [1.165, 1.54) is 87.9 Å². The van der Waals surface area contributed by atoms with Crippen molar-refractivity contribution in [1.82, 2.24) is 4.57 Å². The van der Waals surface area contributed by atoms with Gasteiger partial charge in [0.25, 0.3) is 0 Å². The third-order valence-corrected chi connectivity index (χ3v) is 13.2. The van der Waals surface area contributed by atoms with Gasteiger partial charge in [-0.05, 0) is 127 Å². The van der Waals surface area contributed by atoms with Crippen molar-refractivity contribution in [3.8, 4) is 39.1 Å². The lowest BCUT2D eigenvalue weighted by atomic mass is 9.82. The average molecular weight is 779 g/mol. The number of para-hydroxylation sites is 2. The van der Waals surface area contributed by atoms with E-state index in [4.69, 9.17) is 0 Å². The van der Waals surface area contributed by atoms with Gasteiger partial charge in [0.05, 0.1) is 11.0 Å². The van der Waals surface area contributed by atoms with Crippen LogP contribution in [0.4, 0.5) is 17.1 Å². The SMILES string of the molecule is CC1(C)c2ccccc2-c2cc(-c3ccc(N(c4cccc(-c5cccc6c5ccc5ccccc56)c4)c4cccc(-n5c6ccccc6c6ccccc65)c4)cc3)ccc21. The molecule has 1 aromatic heterocycles. The first-order chi connectivity index (χ1) is 30.0. The van der Waals surface area contributed by atoms with Crippen molar-refractivity contribution in [3.63, 3.8) is 0 Å². The van der Waals surface area contributed by atoms with Gasteiger partial charge < -0.3 is 9.47 Å². The number of hydrogen-bond donors (Lipinski definition) is 0.